The maximum atomic E-state index is 13.9. The molecular formula is C29H27F4N3O. The molecule has 1 aromatic carbocycles. The molecule has 0 saturated heterocycles. The van der Waals surface area contributed by atoms with E-state index in [4.69, 9.17) is 0 Å². The minimum absolute atomic E-state index is 0.211. The Morgan fingerprint density at radius 1 is 1.05 bits per heavy atom. The van der Waals surface area contributed by atoms with Crippen LogP contribution in [0.3, 0.4) is 0 Å². The number of alkyl halides is 3. The van der Waals surface area contributed by atoms with Gasteiger partial charge in [-0.15, -0.1) is 0 Å². The average molecular weight is 510 g/mol. The normalized spacial score (nSPS) is 25.9. The first-order valence-electron chi connectivity index (χ1n) is 12.6. The van der Waals surface area contributed by atoms with E-state index < -0.39 is 17.2 Å². The lowest BCUT2D eigenvalue weighted by Gasteiger charge is -2.50. The van der Waals surface area contributed by atoms with E-state index in [0.29, 0.717) is 12.8 Å². The zero-order chi connectivity index (χ0) is 25.8. The smallest absolute Gasteiger partial charge is 0.380 e. The molecule has 3 atom stereocenters. The van der Waals surface area contributed by atoms with Gasteiger partial charge in [0.2, 0.25) is 0 Å². The lowest BCUT2D eigenvalue weighted by Crippen LogP contribution is -2.55. The van der Waals surface area contributed by atoms with Crippen molar-refractivity contribution in [2.75, 3.05) is 0 Å². The van der Waals surface area contributed by atoms with E-state index in [0.717, 1.165) is 46.4 Å². The first-order valence-corrected chi connectivity index (χ1v) is 12.6. The van der Waals surface area contributed by atoms with Crippen LogP contribution in [0.15, 0.2) is 67.3 Å². The summed E-state index contributed by atoms with van der Waals surface area (Å²) >= 11 is 0. The number of pyridine rings is 2. The molecular weight excluding hydrogens is 482 g/mol. The van der Waals surface area contributed by atoms with Gasteiger partial charge in [0.05, 0.1) is 17.5 Å². The fourth-order valence-electron chi connectivity index (χ4n) is 6.59. The molecule has 192 valence electrons. The van der Waals surface area contributed by atoms with Crippen LogP contribution in [0.1, 0.15) is 48.9 Å². The first-order chi connectivity index (χ1) is 17.7. The number of imidazole rings is 1. The lowest BCUT2D eigenvalue weighted by molar-refractivity contribution is -0.279. The second-order valence-electron chi connectivity index (χ2n) is 10.6. The van der Waals surface area contributed by atoms with Crippen LogP contribution in [-0.4, -0.2) is 31.3 Å². The third kappa shape index (κ3) is 4.02. The lowest BCUT2D eigenvalue weighted by atomic mass is 9.56. The van der Waals surface area contributed by atoms with Crippen LogP contribution >= 0.6 is 0 Å². The summed E-state index contributed by atoms with van der Waals surface area (Å²) in [6, 6.07) is 13.9. The van der Waals surface area contributed by atoms with Gasteiger partial charge in [0.25, 0.3) is 0 Å². The van der Waals surface area contributed by atoms with Crippen molar-refractivity contribution in [2.24, 2.45) is 5.92 Å². The first kappa shape index (κ1) is 24.1. The predicted molar refractivity (Wildman–Crippen MR) is 131 cm³/mol. The molecule has 0 bridgehead atoms. The van der Waals surface area contributed by atoms with Gasteiger partial charge in [-0.25, -0.2) is 9.37 Å². The quantitative estimate of drug-likeness (QED) is 0.323. The second-order valence-corrected chi connectivity index (χ2v) is 10.6. The van der Waals surface area contributed by atoms with E-state index in [1.807, 2.05) is 28.8 Å². The predicted octanol–water partition coefficient (Wildman–Crippen LogP) is 6.45. The molecule has 6 rings (SSSR count). The van der Waals surface area contributed by atoms with Gasteiger partial charge in [-0.2, -0.15) is 13.2 Å². The molecule has 3 heterocycles. The van der Waals surface area contributed by atoms with E-state index in [1.54, 1.807) is 24.7 Å². The molecule has 37 heavy (non-hydrogen) atoms. The van der Waals surface area contributed by atoms with Crippen molar-refractivity contribution in [3.8, 4) is 11.3 Å². The van der Waals surface area contributed by atoms with Crippen LogP contribution in [0.5, 0.6) is 0 Å². The molecule has 1 fully saturated rings. The number of aliphatic hydroxyl groups is 1. The maximum absolute atomic E-state index is 13.9. The third-order valence-electron chi connectivity index (χ3n) is 8.51. The van der Waals surface area contributed by atoms with Gasteiger partial charge < -0.3 is 9.51 Å². The molecule has 8 heteroatoms. The fourth-order valence-corrected chi connectivity index (χ4v) is 6.59. The molecule has 0 aliphatic heterocycles. The Hall–Kier alpha value is -3.26. The van der Waals surface area contributed by atoms with Crippen LogP contribution in [0.2, 0.25) is 0 Å². The Balaban J connectivity index is 1.50. The number of fused-ring (bicyclic) bond motifs is 4. The number of nitrogens with zero attached hydrogens (tertiary/aromatic N) is 3. The number of rotatable bonds is 3. The molecule has 1 N–H and O–H groups in total. The molecule has 2 aliphatic carbocycles. The molecule has 2 aliphatic rings. The van der Waals surface area contributed by atoms with Crippen LogP contribution in [0.4, 0.5) is 17.6 Å². The highest BCUT2D eigenvalue weighted by molar-refractivity contribution is 5.78. The van der Waals surface area contributed by atoms with Gasteiger partial charge in [-0.1, -0.05) is 6.07 Å². The average Bonchev–Trinajstić information content (AvgIpc) is 3.22. The SMILES string of the molecule is OC1(C(F)(F)F)CCC2(Cc3ccccn3)c3cn4cnc(-c5ccc(F)cc5)c4cc3CCCC2C1. The summed E-state index contributed by atoms with van der Waals surface area (Å²) in [4.78, 5) is 9.12. The minimum Gasteiger partial charge on any atom is -0.380 e. The second kappa shape index (κ2) is 8.65. The van der Waals surface area contributed by atoms with E-state index in [9.17, 15) is 22.7 Å². The van der Waals surface area contributed by atoms with Crippen molar-refractivity contribution in [1.29, 1.82) is 0 Å². The van der Waals surface area contributed by atoms with Crippen molar-refractivity contribution in [1.82, 2.24) is 14.4 Å². The van der Waals surface area contributed by atoms with Gasteiger partial charge in [0.15, 0.2) is 5.60 Å². The monoisotopic (exact) mass is 509 g/mol. The van der Waals surface area contributed by atoms with Gasteiger partial charge in [-0.3, -0.25) is 4.98 Å². The van der Waals surface area contributed by atoms with Gasteiger partial charge in [-0.05, 0) is 104 Å². The standard InChI is InChI=1S/C29H27F4N3O/c30-22-9-7-19(8-10-22)26-25-14-20-4-3-5-21-15-28(37,29(31,32)33)12-11-27(21,16-23-6-1-2-13-34-23)24(20)17-36(25)18-35-26/h1-2,6-10,13-14,17-18,21,37H,3-5,11-12,15-16H2. The number of aromatic nitrogens is 3. The summed E-state index contributed by atoms with van der Waals surface area (Å²) in [5.74, 6) is -0.673. The molecule has 0 amide bonds. The fraction of sp³-hybridized carbons (Fsp3) is 0.379. The molecule has 4 aromatic rings. The molecule has 4 nitrogen and oxygen atoms in total. The number of hydrogen-bond donors (Lipinski definition) is 1. The Kier molecular flexibility index (Phi) is 5.64. The number of benzene rings is 1. The van der Waals surface area contributed by atoms with E-state index in [1.165, 1.54) is 12.1 Å². The largest absolute Gasteiger partial charge is 0.417 e. The van der Waals surface area contributed by atoms with Gasteiger partial charge in [0.1, 0.15) is 5.82 Å². The Labute approximate surface area is 212 Å². The Bertz CT molecular complexity index is 1430. The summed E-state index contributed by atoms with van der Waals surface area (Å²) in [6.45, 7) is 0. The maximum Gasteiger partial charge on any atom is 0.417 e. The van der Waals surface area contributed by atoms with Crippen molar-refractivity contribution in [3.63, 3.8) is 0 Å². The highest BCUT2D eigenvalue weighted by atomic mass is 19.4. The number of halogens is 4. The molecule has 1 saturated carbocycles. The Morgan fingerprint density at radius 2 is 1.86 bits per heavy atom. The molecule has 3 unspecified atom stereocenters. The zero-order valence-corrected chi connectivity index (χ0v) is 20.2. The highest BCUT2D eigenvalue weighted by Crippen LogP contribution is 2.56. The van der Waals surface area contributed by atoms with Crippen molar-refractivity contribution < 1.29 is 22.7 Å². The summed E-state index contributed by atoms with van der Waals surface area (Å²) in [5, 5.41) is 10.7. The highest BCUT2D eigenvalue weighted by Gasteiger charge is 2.61. The zero-order valence-electron chi connectivity index (χ0n) is 20.2. The third-order valence-corrected chi connectivity index (χ3v) is 8.51. The van der Waals surface area contributed by atoms with Crippen molar-refractivity contribution in [2.45, 2.75) is 62.1 Å². The van der Waals surface area contributed by atoms with Crippen LogP contribution < -0.4 is 0 Å². The summed E-state index contributed by atoms with van der Waals surface area (Å²) in [7, 11) is 0. The minimum atomic E-state index is -4.67. The number of hydrogen-bond acceptors (Lipinski definition) is 3. The summed E-state index contributed by atoms with van der Waals surface area (Å²) < 4.78 is 57.2. The van der Waals surface area contributed by atoms with Crippen molar-refractivity contribution >= 4 is 5.52 Å². The summed E-state index contributed by atoms with van der Waals surface area (Å²) in [6.07, 6.45) is 2.87. The molecule has 3 aromatic heterocycles. The van der Waals surface area contributed by atoms with Crippen LogP contribution in [0, 0.1) is 11.7 Å². The topological polar surface area (TPSA) is 50.4 Å². The van der Waals surface area contributed by atoms with Gasteiger partial charge in [0, 0.05) is 29.1 Å². The molecule has 0 radical (unpaired) electrons. The van der Waals surface area contributed by atoms with Gasteiger partial charge >= 0.3 is 6.18 Å². The van der Waals surface area contributed by atoms with Crippen LogP contribution in [-0.2, 0) is 18.3 Å². The Morgan fingerprint density at radius 3 is 2.59 bits per heavy atom. The number of aryl methyl sites for hydroxylation is 1. The molecule has 0 spiro atoms. The van der Waals surface area contributed by atoms with E-state index in [-0.39, 0.29) is 31.0 Å². The van der Waals surface area contributed by atoms with Crippen LogP contribution in [0.25, 0.3) is 16.8 Å². The van der Waals surface area contributed by atoms with E-state index in [2.05, 4.69) is 16.0 Å². The van der Waals surface area contributed by atoms with E-state index >= 15 is 0 Å². The summed E-state index contributed by atoms with van der Waals surface area (Å²) in [5.41, 5.74) is 2.07. The van der Waals surface area contributed by atoms with Crippen molar-refractivity contribution in [3.05, 3.63) is 89.9 Å².